The lowest BCUT2D eigenvalue weighted by Crippen LogP contribution is -2.42. The Morgan fingerprint density at radius 1 is 1.73 bits per heavy atom. The van der Waals surface area contributed by atoms with E-state index in [1.807, 2.05) is 6.92 Å². The molecule has 1 saturated heterocycles. The highest BCUT2D eigenvalue weighted by molar-refractivity contribution is 5.02. The Labute approximate surface area is 88.1 Å². The van der Waals surface area contributed by atoms with Crippen molar-refractivity contribution < 1.29 is 4.74 Å². The molecule has 1 N–H and O–H groups in total. The van der Waals surface area contributed by atoms with E-state index in [4.69, 9.17) is 4.74 Å². The van der Waals surface area contributed by atoms with Crippen molar-refractivity contribution in [2.24, 2.45) is 0 Å². The van der Waals surface area contributed by atoms with Gasteiger partial charge in [-0.3, -0.25) is 4.79 Å². The van der Waals surface area contributed by atoms with E-state index in [-0.39, 0.29) is 11.7 Å². The lowest BCUT2D eigenvalue weighted by molar-refractivity contribution is 0.0152. The molecule has 1 atom stereocenters. The molecule has 0 spiro atoms. The van der Waals surface area contributed by atoms with Crippen LogP contribution in [-0.4, -0.2) is 35.6 Å². The minimum atomic E-state index is -0.0656. The second-order valence-corrected chi connectivity index (χ2v) is 3.75. The summed E-state index contributed by atoms with van der Waals surface area (Å²) in [5.74, 6) is 0. The van der Waals surface area contributed by atoms with E-state index in [0.29, 0.717) is 13.2 Å². The van der Waals surface area contributed by atoms with E-state index in [9.17, 15) is 4.79 Å². The first-order valence-corrected chi connectivity index (χ1v) is 5.12. The largest absolute Gasteiger partial charge is 0.374 e. The third-order valence-corrected chi connectivity index (χ3v) is 2.39. The molecule has 1 aromatic heterocycles. The fourth-order valence-corrected chi connectivity index (χ4v) is 1.59. The summed E-state index contributed by atoms with van der Waals surface area (Å²) in [7, 11) is 0. The molecule has 1 unspecified atom stereocenters. The van der Waals surface area contributed by atoms with Gasteiger partial charge in [-0.25, -0.2) is 4.68 Å². The predicted molar refractivity (Wildman–Crippen MR) is 55.8 cm³/mol. The number of hydrogen-bond donors (Lipinski definition) is 1. The Hall–Kier alpha value is -1.20. The quantitative estimate of drug-likeness (QED) is 0.716. The molecular weight excluding hydrogens is 194 g/mol. The molecule has 15 heavy (non-hydrogen) atoms. The van der Waals surface area contributed by atoms with Crippen LogP contribution in [0.3, 0.4) is 0 Å². The van der Waals surface area contributed by atoms with Gasteiger partial charge in [-0.05, 0) is 12.5 Å². The molecule has 1 aliphatic heterocycles. The second-order valence-electron chi connectivity index (χ2n) is 3.75. The van der Waals surface area contributed by atoms with E-state index in [0.717, 1.165) is 18.7 Å². The molecular formula is C10H15N3O2. The van der Waals surface area contributed by atoms with Crippen LogP contribution in [0.15, 0.2) is 17.1 Å². The lowest BCUT2D eigenvalue weighted by Gasteiger charge is -2.23. The van der Waals surface area contributed by atoms with Crippen molar-refractivity contribution in [3.63, 3.8) is 0 Å². The molecule has 1 aromatic rings. The van der Waals surface area contributed by atoms with Crippen LogP contribution in [0.2, 0.25) is 0 Å². The summed E-state index contributed by atoms with van der Waals surface area (Å²) >= 11 is 0. The van der Waals surface area contributed by atoms with Crippen molar-refractivity contribution in [2.45, 2.75) is 19.6 Å². The second kappa shape index (κ2) is 4.55. The van der Waals surface area contributed by atoms with Crippen LogP contribution in [0.25, 0.3) is 0 Å². The fraction of sp³-hybridized carbons (Fsp3) is 0.600. The van der Waals surface area contributed by atoms with Crippen LogP contribution in [0, 0.1) is 6.92 Å². The summed E-state index contributed by atoms with van der Waals surface area (Å²) in [4.78, 5) is 11.5. The zero-order chi connectivity index (χ0) is 10.7. The van der Waals surface area contributed by atoms with Crippen LogP contribution in [-0.2, 0) is 11.3 Å². The Morgan fingerprint density at radius 3 is 3.27 bits per heavy atom. The molecule has 0 aromatic carbocycles. The van der Waals surface area contributed by atoms with E-state index < -0.39 is 0 Å². The molecule has 5 nitrogen and oxygen atoms in total. The molecule has 0 amide bonds. The van der Waals surface area contributed by atoms with E-state index in [1.165, 1.54) is 4.68 Å². The van der Waals surface area contributed by atoms with Gasteiger partial charge in [0.25, 0.3) is 5.56 Å². The maximum absolute atomic E-state index is 11.5. The molecule has 5 heteroatoms. The summed E-state index contributed by atoms with van der Waals surface area (Å²) in [5, 5.41) is 7.29. The first-order valence-electron chi connectivity index (χ1n) is 5.12. The van der Waals surface area contributed by atoms with Crippen LogP contribution in [0.4, 0.5) is 0 Å². The average molecular weight is 209 g/mol. The standard InChI is InChI=1S/C10H15N3O2/c1-8-4-10(14)13(12-5-8)7-9-6-11-2-3-15-9/h4-5,9,11H,2-3,6-7H2,1H3. The normalized spacial score (nSPS) is 21.5. The summed E-state index contributed by atoms with van der Waals surface area (Å²) in [5.41, 5.74) is 0.822. The lowest BCUT2D eigenvalue weighted by atomic mass is 10.3. The number of rotatable bonds is 2. The number of morpholine rings is 1. The van der Waals surface area contributed by atoms with Gasteiger partial charge in [-0.2, -0.15) is 5.10 Å². The topological polar surface area (TPSA) is 56.1 Å². The van der Waals surface area contributed by atoms with Crippen LogP contribution in [0.5, 0.6) is 0 Å². The molecule has 1 aliphatic rings. The number of nitrogens with one attached hydrogen (secondary N) is 1. The van der Waals surface area contributed by atoms with E-state index in [1.54, 1.807) is 12.3 Å². The first kappa shape index (κ1) is 10.3. The van der Waals surface area contributed by atoms with Gasteiger partial charge >= 0.3 is 0 Å². The molecule has 2 heterocycles. The van der Waals surface area contributed by atoms with Gasteiger partial charge in [0.2, 0.25) is 0 Å². The molecule has 2 rings (SSSR count). The highest BCUT2D eigenvalue weighted by atomic mass is 16.5. The summed E-state index contributed by atoms with van der Waals surface area (Å²) in [6.45, 7) is 4.74. The number of ether oxygens (including phenoxy) is 1. The first-order chi connectivity index (χ1) is 7.25. The highest BCUT2D eigenvalue weighted by Crippen LogP contribution is 1.98. The van der Waals surface area contributed by atoms with Gasteiger partial charge in [0, 0.05) is 19.2 Å². The smallest absolute Gasteiger partial charge is 0.267 e. The Morgan fingerprint density at radius 2 is 2.60 bits per heavy atom. The minimum absolute atomic E-state index is 0.0478. The zero-order valence-electron chi connectivity index (χ0n) is 8.77. The number of nitrogens with zero attached hydrogens (tertiary/aromatic N) is 2. The Balaban J connectivity index is 2.06. The van der Waals surface area contributed by atoms with Crippen molar-refractivity contribution in [3.05, 3.63) is 28.2 Å². The van der Waals surface area contributed by atoms with Crippen molar-refractivity contribution in [1.82, 2.24) is 15.1 Å². The predicted octanol–water partition coefficient (Wildman–Crippen LogP) is -0.460. The van der Waals surface area contributed by atoms with Crippen LogP contribution in [0.1, 0.15) is 5.56 Å². The number of hydrogen-bond acceptors (Lipinski definition) is 4. The van der Waals surface area contributed by atoms with Crippen molar-refractivity contribution in [3.8, 4) is 0 Å². The van der Waals surface area contributed by atoms with E-state index >= 15 is 0 Å². The maximum atomic E-state index is 11.5. The zero-order valence-corrected chi connectivity index (χ0v) is 8.77. The van der Waals surface area contributed by atoms with E-state index in [2.05, 4.69) is 10.4 Å². The molecule has 0 bridgehead atoms. The Kier molecular flexibility index (Phi) is 3.13. The average Bonchev–Trinajstić information content (AvgIpc) is 2.24. The van der Waals surface area contributed by atoms with Gasteiger partial charge < -0.3 is 10.1 Å². The van der Waals surface area contributed by atoms with Crippen molar-refractivity contribution in [1.29, 1.82) is 0 Å². The number of aromatic nitrogens is 2. The summed E-state index contributed by atoms with van der Waals surface area (Å²) in [6, 6.07) is 1.59. The maximum Gasteiger partial charge on any atom is 0.267 e. The summed E-state index contributed by atoms with van der Waals surface area (Å²) < 4.78 is 6.95. The van der Waals surface area contributed by atoms with Crippen LogP contribution >= 0.6 is 0 Å². The Bertz CT molecular complexity index is 382. The third-order valence-electron chi connectivity index (χ3n) is 2.39. The number of aryl methyl sites for hydroxylation is 1. The monoisotopic (exact) mass is 209 g/mol. The SMILES string of the molecule is Cc1cnn(CC2CNCCO2)c(=O)c1. The minimum Gasteiger partial charge on any atom is -0.374 e. The molecule has 0 aliphatic carbocycles. The molecule has 82 valence electrons. The van der Waals surface area contributed by atoms with Crippen molar-refractivity contribution >= 4 is 0 Å². The van der Waals surface area contributed by atoms with Crippen LogP contribution < -0.4 is 10.9 Å². The molecule has 0 radical (unpaired) electrons. The van der Waals surface area contributed by atoms with Gasteiger partial charge in [0.15, 0.2) is 0 Å². The van der Waals surface area contributed by atoms with Gasteiger partial charge in [0.1, 0.15) is 0 Å². The van der Waals surface area contributed by atoms with Gasteiger partial charge in [-0.15, -0.1) is 0 Å². The molecule has 0 saturated carbocycles. The van der Waals surface area contributed by atoms with Crippen molar-refractivity contribution in [2.75, 3.05) is 19.7 Å². The third kappa shape index (κ3) is 2.64. The molecule has 1 fully saturated rings. The fourth-order valence-electron chi connectivity index (χ4n) is 1.59. The van der Waals surface area contributed by atoms with Gasteiger partial charge in [0.05, 0.1) is 25.5 Å². The highest BCUT2D eigenvalue weighted by Gasteiger charge is 2.14. The van der Waals surface area contributed by atoms with Gasteiger partial charge in [-0.1, -0.05) is 0 Å². The summed E-state index contributed by atoms with van der Waals surface area (Å²) in [6.07, 6.45) is 1.74.